The van der Waals surface area contributed by atoms with E-state index < -0.39 is 0 Å². The zero-order chi connectivity index (χ0) is 20.2. The second kappa shape index (κ2) is 9.06. The van der Waals surface area contributed by atoms with Crippen LogP contribution in [0, 0.1) is 6.92 Å². The first kappa shape index (κ1) is 20.1. The van der Waals surface area contributed by atoms with Crippen molar-refractivity contribution in [1.29, 1.82) is 0 Å². The van der Waals surface area contributed by atoms with E-state index in [-0.39, 0.29) is 0 Å². The molecule has 2 heterocycles. The second-order valence-electron chi connectivity index (χ2n) is 8.56. The molecule has 0 amide bonds. The Morgan fingerprint density at radius 2 is 1.97 bits per heavy atom. The molecule has 1 aliphatic heterocycles. The summed E-state index contributed by atoms with van der Waals surface area (Å²) in [4.78, 5) is 9.77. The summed E-state index contributed by atoms with van der Waals surface area (Å²) in [5, 5.41) is 0. The van der Waals surface area contributed by atoms with Gasteiger partial charge in [0.1, 0.15) is 0 Å². The van der Waals surface area contributed by atoms with Gasteiger partial charge in [-0.25, -0.2) is 0 Å². The van der Waals surface area contributed by atoms with Crippen molar-refractivity contribution in [3.8, 4) is 0 Å². The van der Waals surface area contributed by atoms with Crippen LogP contribution in [0.1, 0.15) is 46.4 Å². The zero-order valence-corrected chi connectivity index (χ0v) is 18.0. The minimum absolute atomic E-state index is 0.944. The lowest BCUT2D eigenvalue weighted by molar-refractivity contribution is 0.148. The summed E-state index contributed by atoms with van der Waals surface area (Å²) in [6.07, 6.45) is 10.8. The van der Waals surface area contributed by atoms with Crippen molar-refractivity contribution >= 4 is 5.57 Å². The number of unbranched alkanes of at least 4 members (excludes halogenated alkanes) is 1. The Morgan fingerprint density at radius 1 is 1.14 bits per heavy atom. The third kappa shape index (κ3) is 4.68. The van der Waals surface area contributed by atoms with E-state index in [1.165, 1.54) is 45.5 Å². The van der Waals surface area contributed by atoms with Crippen LogP contribution in [0.5, 0.6) is 0 Å². The highest BCUT2D eigenvalue weighted by atomic mass is 15.2. The minimum Gasteiger partial charge on any atom is -0.304 e. The number of aryl methyl sites for hydroxylation is 2. The molecule has 2 aromatic rings. The van der Waals surface area contributed by atoms with Gasteiger partial charge in [0.05, 0.1) is 5.69 Å². The molecule has 1 aromatic heterocycles. The molecule has 1 aliphatic carbocycles. The van der Waals surface area contributed by atoms with Crippen LogP contribution in [0.25, 0.3) is 5.57 Å². The van der Waals surface area contributed by atoms with Crippen molar-refractivity contribution in [2.24, 2.45) is 0 Å². The van der Waals surface area contributed by atoms with Gasteiger partial charge in [0, 0.05) is 50.9 Å². The van der Waals surface area contributed by atoms with E-state index in [2.05, 4.69) is 66.9 Å². The highest BCUT2D eigenvalue weighted by Gasteiger charge is 2.20. The number of hydrogen-bond acceptors (Lipinski definition) is 3. The van der Waals surface area contributed by atoms with E-state index in [1.807, 2.05) is 6.08 Å². The third-order valence-electron chi connectivity index (χ3n) is 6.33. The first-order valence-corrected chi connectivity index (χ1v) is 10.9. The molecular formula is C26H33N3. The minimum atomic E-state index is 0.944. The number of pyridine rings is 1. The van der Waals surface area contributed by atoms with Crippen LogP contribution in [0.2, 0.25) is 0 Å². The molecule has 4 rings (SSSR count). The van der Waals surface area contributed by atoms with E-state index in [4.69, 9.17) is 4.98 Å². The number of aromatic nitrogens is 1. The van der Waals surface area contributed by atoms with Crippen molar-refractivity contribution in [3.05, 3.63) is 82.7 Å². The summed E-state index contributed by atoms with van der Waals surface area (Å²) in [6.45, 7) is 11.7. The van der Waals surface area contributed by atoms with Crippen LogP contribution in [0.15, 0.2) is 49.2 Å². The van der Waals surface area contributed by atoms with Crippen molar-refractivity contribution in [1.82, 2.24) is 14.8 Å². The van der Waals surface area contributed by atoms with Gasteiger partial charge in [0.15, 0.2) is 0 Å². The predicted molar refractivity (Wildman–Crippen MR) is 122 cm³/mol. The molecule has 29 heavy (non-hydrogen) atoms. The van der Waals surface area contributed by atoms with E-state index >= 15 is 0 Å². The molecule has 3 nitrogen and oxygen atoms in total. The number of piperazine rings is 1. The Morgan fingerprint density at radius 3 is 2.76 bits per heavy atom. The predicted octanol–water partition coefficient (Wildman–Crippen LogP) is 4.63. The van der Waals surface area contributed by atoms with Crippen LogP contribution < -0.4 is 0 Å². The number of allylic oxidation sites excluding steroid dienone is 2. The molecule has 1 aromatic carbocycles. The van der Waals surface area contributed by atoms with Gasteiger partial charge in [-0.15, -0.1) is 6.58 Å². The molecule has 0 unspecified atom stereocenters. The lowest BCUT2D eigenvalue weighted by Gasteiger charge is -2.32. The molecule has 1 fully saturated rings. The number of nitrogens with zero attached hydrogens (tertiary/aromatic N) is 3. The van der Waals surface area contributed by atoms with Crippen molar-refractivity contribution in [2.75, 3.05) is 33.2 Å². The molecule has 3 heteroatoms. The third-order valence-corrected chi connectivity index (χ3v) is 6.33. The topological polar surface area (TPSA) is 19.4 Å². The highest BCUT2D eigenvalue weighted by molar-refractivity contribution is 5.84. The first-order chi connectivity index (χ1) is 14.1. The normalized spacial score (nSPS) is 17.2. The average molecular weight is 388 g/mol. The Kier molecular flexibility index (Phi) is 6.27. The summed E-state index contributed by atoms with van der Waals surface area (Å²) >= 11 is 0. The maximum Gasteiger partial charge on any atom is 0.0520 e. The number of hydrogen-bond donors (Lipinski definition) is 0. The van der Waals surface area contributed by atoms with E-state index in [0.717, 1.165) is 52.0 Å². The fraction of sp³-hybridized carbons (Fsp3) is 0.423. The van der Waals surface area contributed by atoms with Crippen LogP contribution in [0.4, 0.5) is 0 Å². The second-order valence-corrected chi connectivity index (χ2v) is 8.56. The SMILES string of the molecule is C=CCCCc1cc(C2=CCc3ncc(CN4CCN(C)CC4)cc32)ccc1C. The van der Waals surface area contributed by atoms with Gasteiger partial charge in [0.25, 0.3) is 0 Å². The molecule has 2 aliphatic rings. The Hall–Kier alpha value is -2.23. The lowest BCUT2D eigenvalue weighted by atomic mass is 9.94. The molecule has 152 valence electrons. The Bertz CT molecular complexity index is 904. The molecule has 0 radical (unpaired) electrons. The van der Waals surface area contributed by atoms with Crippen molar-refractivity contribution in [2.45, 2.75) is 39.2 Å². The van der Waals surface area contributed by atoms with Crippen LogP contribution in [-0.2, 0) is 19.4 Å². The summed E-state index contributed by atoms with van der Waals surface area (Å²) < 4.78 is 0. The largest absolute Gasteiger partial charge is 0.304 e. The van der Waals surface area contributed by atoms with Crippen molar-refractivity contribution < 1.29 is 0 Å². The number of rotatable bonds is 7. The summed E-state index contributed by atoms with van der Waals surface area (Å²) in [5.74, 6) is 0. The first-order valence-electron chi connectivity index (χ1n) is 10.9. The van der Waals surface area contributed by atoms with Gasteiger partial charge < -0.3 is 4.90 Å². The quantitative estimate of drug-likeness (QED) is 0.510. The molecular weight excluding hydrogens is 354 g/mol. The van der Waals surface area contributed by atoms with Crippen LogP contribution in [-0.4, -0.2) is 48.0 Å². The van der Waals surface area contributed by atoms with Crippen LogP contribution >= 0.6 is 0 Å². The monoisotopic (exact) mass is 387 g/mol. The van der Waals surface area contributed by atoms with Gasteiger partial charge >= 0.3 is 0 Å². The lowest BCUT2D eigenvalue weighted by Crippen LogP contribution is -2.43. The molecule has 0 bridgehead atoms. The number of benzene rings is 1. The zero-order valence-electron chi connectivity index (χ0n) is 18.0. The Balaban J connectivity index is 1.53. The molecule has 0 N–H and O–H groups in total. The van der Waals surface area contributed by atoms with E-state index in [0.29, 0.717) is 0 Å². The van der Waals surface area contributed by atoms with Crippen LogP contribution in [0.3, 0.4) is 0 Å². The summed E-state index contributed by atoms with van der Waals surface area (Å²) in [7, 11) is 2.21. The fourth-order valence-corrected chi connectivity index (χ4v) is 4.41. The molecule has 0 saturated carbocycles. The van der Waals surface area contributed by atoms with E-state index in [1.54, 1.807) is 0 Å². The van der Waals surface area contributed by atoms with Gasteiger partial charge in [-0.3, -0.25) is 9.88 Å². The Labute approximate surface area is 175 Å². The highest BCUT2D eigenvalue weighted by Crippen LogP contribution is 2.33. The standard InChI is InChI=1S/C26H33N3/c1-4-5-6-7-22-17-23(9-8-20(22)2)24-10-11-26-25(24)16-21(18-27-26)19-29-14-12-28(3)13-15-29/h4,8-10,16-18H,1,5-7,11-15,19H2,2-3H3. The van der Waals surface area contributed by atoms with Crippen molar-refractivity contribution in [3.63, 3.8) is 0 Å². The van der Waals surface area contributed by atoms with Gasteiger partial charge in [-0.1, -0.05) is 30.4 Å². The smallest absolute Gasteiger partial charge is 0.0520 e. The maximum absolute atomic E-state index is 4.82. The maximum atomic E-state index is 4.82. The summed E-state index contributed by atoms with van der Waals surface area (Å²) in [6, 6.07) is 9.34. The summed E-state index contributed by atoms with van der Waals surface area (Å²) in [5.41, 5.74) is 9.42. The number of likely N-dealkylation sites (N-methyl/N-ethyl adjacent to an activating group) is 1. The molecule has 0 atom stereocenters. The molecule has 0 spiro atoms. The molecule has 1 saturated heterocycles. The van der Waals surface area contributed by atoms with Gasteiger partial charge in [-0.05, 0) is 67.1 Å². The van der Waals surface area contributed by atoms with Gasteiger partial charge in [0.2, 0.25) is 0 Å². The average Bonchev–Trinajstić information content (AvgIpc) is 3.15. The van der Waals surface area contributed by atoms with Gasteiger partial charge in [-0.2, -0.15) is 0 Å². The number of fused-ring (bicyclic) bond motifs is 1. The van der Waals surface area contributed by atoms with E-state index in [9.17, 15) is 0 Å². The fourth-order valence-electron chi connectivity index (χ4n) is 4.41.